The van der Waals surface area contributed by atoms with Crippen LogP contribution in [0.3, 0.4) is 0 Å². The number of carbonyl (C=O) groups is 2. The van der Waals surface area contributed by atoms with Crippen molar-refractivity contribution >= 4 is 46.3 Å². The Morgan fingerprint density at radius 2 is 1.51 bits per heavy atom. The lowest BCUT2D eigenvalue weighted by molar-refractivity contribution is -0.115. The molecule has 5 aromatic rings. The average molecular weight is 555 g/mol. The summed E-state index contributed by atoms with van der Waals surface area (Å²) in [5, 5.41) is 7.05. The topological polar surface area (TPSA) is 85.1 Å². The highest BCUT2D eigenvalue weighted by atomic mass is 32.2. The van der Waals surface area contributed by atoms with Gasteiger partial charge >= 0.3 is 0 Å². The number of nitrogens with one attached hydrogen (secondary N) is 2. The van der Waals surface area contributed by atoms with Gasteiger partial charge in [-0.3, -0.25) is 19.1 Å². The molecule has 3 aromatic carbocycles. The smallest absolute Gasteiger partial charge is 0.295 e. The van der Waals surface area contributed by atoms with Gasteiger partial charge in [0.2, 0.25) is 5.91 Å². The summed E-state index contributed by atoms with van der Waals surface area (Å²) in [7, 11) is 1.79. The Bertz CT molecular complexity index is 1640. The number of thiophene rings is 1. The monoisotopic (exact) mass is 554 g/mol. The summed E-state index contributed by atoms with van der Waals surface area (Å²) in [5.41, 5.74) is 2.80. The van der Waals surface area contributed by atoms with Crippen molar-refractivity contribution in [3.8, 4) is 5.69 Å². The third-order valence-corrected chi connectivity index (χ3v) is 8.39. The number of amides is 2. The average Bonchev–Trinajstić information content (AvgIpc) is 3.57. The van der Waals surface area contributed by atoms with Crippen molar-refractivity contribution < 1.29 is 9.59 Å². The fraction of sp³-hybridized carbons (Fsp3) is 0.100. The molecule has 5 rings (SSSR count). The van der Waals surface area contributed by atoms with Crippen molar-refractivity contribution in [2.75, 3.05) is 10.6 Å². The quantitative estimate of drug-likeness (QED) is 0.221. The van der Waals surface area contributed by atoms with E-state index in [0.717, 1.165) is 10.5 Å². The van der Waals surface area contributed by atoms with E-state index in [1.807, 2.05) is 103 Å². The van der Waals surface area contributed by atoms with Gasteiger partial charge in [0.1, 0.15) is 10.9 Å². The summed E-state index contributed by atoms with van der Waals surface area (Å²) in [5.74, 6) is -0.460. The van der Waals surface area contributed by atoms with Crippen LogP contribution in [0.4, 0.5) is 11.4 Å². The van der Waals surface area contributed by atoms with Crippen LogP contribution in [0.25, 0.3) is 5.69 Å². The fourth-order valence-corrected chi connectivity index (χ4v) is 5.80. The van der Waals surface area contributed by atoms with Gasteiger partial charge in [-0.1, -0.05) is 54.6 Å². The first kappa shape index (κ1) is 26.3. The highest BCUT2D eigenvalue weighted by Gasteiger charge is 2.26. The zero-order valence-electron chi connectivity index (χ0n) is 21.3. The Morgan fingerprint density at radius 3 is 2.15 bits per heavy atom. The van der Waals surface area contributed by atoms with Crippen LogP contribution in [0.2, 0.25) is 0 Å². The number of benzene rings is 3. The summed E-state index contributed by atoms with van der Waals surface area (Å²) >= 11 is 2.76. The third-order valence-electron chi connectivity index (χ3n) is 6.25. The van der Waals surface area contributed by atoms with E-state index in [1.165, 1.54) is 23.1 Å². The molecule has 0 radical (unpaired) electrons. The van der Waals surface area contributed by atoms with Crippen molar-refractivity contribution in [2.45, 2.75) is 17.1 Å². The predicted octanol–water partition coefficient (Wildman–Crippen LogP) is 6.27. The maximum atomic E-state index is 13.7. The molecule has 0 spiro atoms. The van der Waals surface area contributed by atoms with Gasteiger partial charge in [-0.2, -0.15) is 0 Å². The van der Waals surface area contributed by atoms with E-state index in [-0.39, 0.29) is 23.1 Å². The summed E-state index contributed by atoms with van der Waals surface area (Å²) in [4.78, 5) is 40.9. The summed E-state index contributed by atoms with van der Waals surface area (Å²) < 4.78 is 3.28. The van der Waals surface area contributed by atoms with Crippen LogP contribution in [0, 0.1) is 6.92 Å². The van der Waals surface area contributed by atoms with Crippen LogP contribution in [0.15, 0.2) is 112 Å². The van der Waals surface area contributed by atoms with Crippen LogP contribution in [-0.2, 0) is 11.8 Å². The molecular formula is C30H26N4O3S2. The Labute approximate surface area is 234 Å². The van der Waals surface area contributed by atoms with E-state index in [9.17, 15) is 14.4 Å². The molecule has 2 heterocycles. The van der Waals surface area contributed by atoms with Crippen molar-refractivity contribution in [3.63, 3.8) is 0 Å². The standard InChI is InChI=1S/C30H26N4O3S2/c1-20-26(30(37)34(33(20)2)23-12-7-4-8-13-23)32-29(36)27(21-10-5-3-6-11-21)39-24-17-15-22(16-18-24)31-28(35)25-14-9-19-38-25/h3-19,27H,1-2H3,(H,31,35)(H,32,36). The number of carbonyl (C=O) groups excluding carboxylic acids is 2. The first-order valence-electron chi connectivity index (χ1n) is 12.2. The number of para-hydroxylation sites is 1. The first-order chi connectivity index (χ1) is 18.9. The molecule has 0 aliphatic rings. The molecule has 0 saturated heterocycles. The van der Waals surface area contributed by atoms with Gasteiger partial charge in [0.05, 0.1) is 16.3 Å². The molecule has 9 heteroatoms. The van der Waals surface area contributed by atoms with E-state index in [4.69, 9.17) is 0 Å². The lowest BCUT2D eigenvalue weighted by Crippen LogP contribution is -2.25. The molecule has 7 nitrogen and oxygen atoms in total. The number of hydrogen-bond acceptors (Lipinski definition) is 5. The minimum Gasteiger partial charge on any atom is -0.321 e. The van der Waals surface area contributed by atoms with Gasteiger partial charge in [0.15, 0.2) is 0 Å². The number of hydrogen-bond donors (Lipinski definition) is 2. The van der Waals surface area contributed by atoms with Gasteiger partial charge in [-0.15, -0.1) is 23.1 Å². The second kappa shape index (κ2) is 11.6. The molecule has 196 valence electrons. The molecule has 0 aliphatic carbocycles. The zero-order chi connectivity index (χ0) is 27.4. The first-order valence-corrected chi connectivity index (χ1v) is 14.0. The highest BCUT2D eigenvalue weighted by Crippen LogP contribution is 2.37. The lowest BCUT2D eigenvalue weighted by atomic mass is 10.1. The van der Waals surface area contributed by atoms with Crippen LogP contribution < -0.4 is 16.2 Å². The van der Waals surface area contributed by atoms with E-state index < -0.39 is 5.25 Å². The number of thioether (sulfide) groups is 1. The van der Waals surface area contributed by atoms with Gasteiger partial charge in [-0.05, 0) is 60.3 Å². The number of nitrogens with zero attached hydrogens (tertiary/aromatic N) is 2. The van der Waals surface area contributed by atoms with Crippen LogP contribution >= 0.6 is 23.1 Å². The second-order valence-electron chi connectivity index (χ2n) is 8.79. The molecule has 0 saturated carbocycles. The number of anilines is 2. The third kappa shape index (κ3) is 5.74. The normalized spacial score (nSPS) is 11.6. The van der Waals surface area contributed by atoms with Crippen molar-refractivity contribution in [3.05, 3.63) is 129 Å². The molecule has 0 aliphatic heterocycles. The Morgan fingerprint density at radius 1 is 0.846 bits per heavy atom. The Balaban J connectivity index is 1.38. The second-order valence-corrected chi connectivity index (χ2v) is 10.9. The molecule has 0 bridgehead atoms. The van der Waals surface area contributed by atoms with E-state index >= 15 is 0 Å². The Kier molecular flexibility index (Phi) is 7.81. The van der Waals surface area contributed by atoms with Crippen LogP contribution in [0.1, 0.15) is 26.2 Å². The molecular weight excluding hydrogens is 528 g/mol. The maximum absolute atomic E-state index is 13.7. The molecule has 0 fully saturated rings. The molecule has 1 atom stereocenters. The van der Waals surface area contributed by atoms with Crippen LogP contribution in [-0.4, -0.2) is 21.2 Å². The molecule has 2 amide bonds. The largest absolute Gasteiger partial charge is 0.321 e. The van der Waals surface area contributed by atoms with Gasteiger partial charge in [0.25, 0.3) is 11.5 Å². The fourth-order valence-electron chi connectivity index (χ4n) is 4.16. The van der Waals surface area contributed by atoms with Crippen molar-refractivity contribution in [1.29, 1.82) is 0 Å². The number of rotatable bonds is 8. The molecule has 1 unspecified atom stereocenters. The van der Waals surface area contributed by atoms with E-state index in [2.05, 4.69) is 10.6 Å². The van der Waals surface area contributed by atoms with Gasteiger partial charge in [-0.25, -0.2) is 4.68 Å². The van der Waals surface area contributed by atoms with Crippen molar-refractivity contribution in [1.82, 2.24) is 9.36 Å². The number of aromatic nitrogens is 2. The molecule has 2 aromatic heterocycles. The highest BCUT2D eigenvalue weighted by molar-refractivity contribution is 8.00. The molecule has 39 heavy (non-hydrogen) atoms. The zero-order valence-corrected chi connectivity index (χ0v) is 23.0. The molecule has 2 N–H and O–H groups in total. The maximum Gasteiger partial charge on any atom is 0.295 e. The van der Waals surface area contributed by atoms with E-state index in [1.54, 1.807) is 22.5 Å². The van der Waals surface area contributed by atoms with E-state index in [0.29, 0.717) is 21.9 Å². The minimum absolute atomic E-state index is 0.161. The van der Waals surface area contributed by atoms with Gasteiger partial charge in [0, 0.05) is 17.6 Å². The lowest BCUT2D eigenvalue weighted by Gasteiger charge is -2.17. The summed E-state index contributed by atoms with van der Waals surface area (Å²) in [6.45, 7) is 1.81. The Hall–Kier alpha value is -4.34. The summed E-state index contributed by atoms with van der Waals surface area (Å²) in [6.07, 6.45) is 0. The predicted molar refractivity (Wildman–Crippen MR) is 158 cm³/mol. The SMILES string of the molecule is Cc1c(NC(=O)C(Sc2ccc(NC(=O)c3cccs3)cc2)c2ccccc2)c(=O)n(-c2ccccc2)n1C. The van der Waals surface area contributed by atoms with Gasteiger partial charge < -0.3 is 10.6 Å². The van der Waals surface area contributed by atoms with Crippen LogP contribution in [0.5, 0.6) is 0 Å². The summed E-state index contributed by atoms with van der Waals surface area (Å²) in [6, 6.07) is 29.7. The van der Waals surface area contributed by atoms with Crippen molar-refractivity contribution in [2.24, 2.45) is 7.05 Å². The minimum atomic E-state index is -0.609.